The summed E-state index contributed by atoms with van der Waals surface area (Å²) < 4.78 is 0. The highest BCUT2D eigenvalue weighted by Crippen LogP contribution is 2.09. The molecule has 0 saturated heterocycles. The van der Waals surface area contributed by atoms with Gasteiger partial charge in [-0.05, 0) is 31.4 Å². The van der Waals surface area contributed by atoms with Gasteiger partial charge in [0.05, 0.1) is 5.60 Å². The zero-order valence-electron chi connectivity index (χ0n) is 9.88. The van der Waals surface area contributed by atoms with Gasteiger partial charge in [-0.25, -0.2) is 0 Å². The number of rotatable bonds is 5. The van der Waals surface area contributed by atoms with Gasteiger partial charge in [0.2, 0.25) is 0 Å². The molecule has 1 rings (SSSR count). The van der Waals surface area contributed by atoms with Gasteiger partial charge in [-0.1, -0.05) is 31.2 Å². The number of hydrogen-bond donors (Lipinski definition) is 2. The molecule has 2 N–H and O–H groups in total. The maximum Gasteiger partial charge on any atom is 0.0715 e. The van der Waals surface area contributed by atoms with E-state index in [2.05, 4.69) is 36.5 Å². The van der Waals surface area contributed by atoms with Crippen LogP contribution in [0.2, 0.25) is 0 Å². The largest absolute Gasteiger partial charge is 0.389 e. The van der Waals surface area contributed by atoms with E-state index in [1.54, 1.807) is 0 Å². The predicted octanol–water partition coefficient (Wildman–Crippen LogP) is 2.11. The fraction of sp³-hybridized carbons (Fsp3) is 0.538. The Bertz CT molecular complexity index is 302. The Morgan fingerprint density at radius 1 is 1.20 bits per heavy atom. The van der Waals surface area contributed by atoms with Crippen LogP contribution in [0.25, 0.3) is 0 Å². The van der Waals surface area contributed by atoms with Gasteiger partial charge >= 0.3 is 0 Å². The van der Waals surface area contributed by atoms with Gasteiger partial charge in [-0.2, -0.15) is 0 Å². The van der Waals surface area contributed by atoms with E-state index in [9.17, 15) is 5.11 Å². The van der Waals surface area contributed by atoms with E-state index in [1.807, 2.05) is 13.8 Å². The molecule has 1 aromatic carbocycles. The molecule has 0 atom stereocenters. The second-order valence-corrected chi connectivity index (χ2v) is 4.54. The molecule has 0 heterocycles. The minimum absolute atomic E-state index is 0.616. The first-order chi connectivity index (χ1) is 7.03. The molecule has 1 aromatic rings. The summed E-state index contributed by atoms with van der Waals surface area (Å²) in [5.74, 6) is 0. The van der Waals surface area contributed by atoms with Gasteiger partial charge in [-0.3, -0.25) is 0 Å². The lowest BCUT2D eigenvalue weighted by Gasteiger charge is -2.18. The van der Waals surface area contributed by atoms with E-state index in [0.29, 0.717) is 6.54 Å². The summed E-state index contributed by atoms with van der Waals surface area (Å²) in [6.07, 6.45) is 1.06. The lowest BCUT2D eigenvalue weighted by atomic mass is 10.0. The van der Waals surface area contributed by atoms with Crippen molar-refractivity contribution in [3.05, 3.63) is 35.4 Å². The van der Waals surface area contributed by atoms with Crippen molar-refractivity contribution in [3.63, 3.8) is 0 Å². The lowest BCUT2D eigenvalue weighted by molar-refractivity contribution is 0.0795. The molecule has 0 radical (unpaired) electrons. The summed E-state index contributed by atoms with van der Waals surface area (Å²) in [6.45, 7) is 7.23. The molecule has 0 unspecified atom stereocenters. The Kier molecular flexibility index (Phi) is 4.30. The molecule has 84 valence electrons. The van der Waals surface area contributed by atoms with Crippen molar-refractivity contribution in [1.82, 2.24) is 5.32 Å². The van der Waals surface area contributed by atoms with Crippen LogP contribution >= 0.6 is 0 Å². The third-order valence-corrected chi connectivity index (χ3v) is 2.37. The first kappa shape index (κ1) is 12.2. The highest BCUT2D eigenvalue weighted by molar-refractivity contribution is 5.26. The molecule has 0 aliphatic carbocycles. The van der Waals surface area contributed by atoms with Gasteiger partial charge in [0.25, 0.3) is 0 Å². The first-order valence-electron chi connectivity index (χ1n) is 5.53. The van der Waals surface area contributed by atoms with Gasteiger partial charge in [0, 0.05) is 13.1 Å². The summed E-state index contributed by atoms with van der Waals surface area (Å²) in [7, 11) is 0. The molecule has 0 spiro atoms. The van der Waals surface area contributed by atoms with Crippen LogP contribution in [-0.4, -0.2) is 17.3 Å². The second kappa shape index (κ2) is 5.29. The number of nitrogens with one attached hydrogen (secondary N) is 1. The fourth-order valence-electron chi connectivity index (χ4n) is 1.58. The van der Waals surface area contributed by atoms with Crippen molar-refractivity contribution in [2.45, 2.75) is 39.3 Å². The molecule has 0 amide bonds. The van der Waals surface area contributed by atoms with Crippen LogP contribution in [-0.2, 0) is 13.0 Å². The van der Waals surface area contributed by atoms with Crippen LogP contribution in [0, 0.1) is 0 Å². The van der Waals surface area contributed by atoms with Crippen LogP contribution in [0.3, 0.4) is 0 Å². The molecule has 0 fully saturated rings. The minimum Gasteiger partial charge on any atom is -0.389 e. The summed E-state index contributed by atoms with van der Waals surface area (Å²) in [5, 5.41) is 12.8. The summed E-state index contributed by atoms with van der Waals surface area (Å²) >= 11 is 0. The number of aryl methyl sites for hydroxylation is 1. The zero-order chi connectivity index (χ0) is 11.3. The normalized spacial score (nSPS) is 11.7. The number of aliphatic hydroxyl groups is 1. The van der Waals surface area contributed by atoms with E-state index in [4.69, 9.17) is 0 Å². The van der Waals surface area contributed by atoms with Crippen LogP contribution < -0.4 is 5.32 Å². The fourth-order valence-corrected chi connectivity index (χ4v) is 1.58. The van der Waals surface area contributed by atoms with Gasteiger partial charge in [0.15, 0.2) is 0 Å². The molecule has 2 heteroatoms. The van der Waals surface area contributed by atoms with Crippen LogP contribution in [0.4, 0.5) is 0 Å². The summed E-state index contributed by atoms with van der Waals surface area (Å²) in [5.41, 5.74) is 2.06. The van der Waals surface area contributed by atoms with E-state index < -0.39 is 5.60 Å². The smallest absolute Gasteiger partial charge is 0.0715 e. The van der Waals surface area contributed by atoms with Crippen molar-refractivity contribution in [1.29, 1.82) is 0 Å². The van der Waals surface area contributed by atoms with Crippen LogP contribution in [0.15, 0.2) is 24.3 Å². The average molecular weight is 207 g/mol. The van der Waals surface area contributed by atoms with Crippen molar-refractivity contribution >= 4 is 0 Å². The standard InChI is InChI=1S/C13H21NO/c1-4-11-7-5-6-8-12(11)9-14-10-13(2,3)15/h5-8,14-15H,4,9-10H2,1-3H3. The molecule has 2 nitrogen and oxygen atoms in total. The highest BCUT2D eigenvalue weighted by Gasteiger charge is 2.11. The lowest BCUT2D eigenvalue weighted by Crippen LogP contribution is -2.34. The molecular weight excluding hydrogens is 186 g/mol. The van der Waals surface area contributed by atoms with Crippen molar-refractivity contribution in [2.75, 3.05) is 6.54 Å². The van der Waals surface area contributed by atoms with Crippen LogP contribution in [0.1, 0.15) is 31.9 Å². The van der Waals surface area contributed by atoms with Crippen molar-refractivity contribution < 1.29 is 5.11 Å². The monoisotopic (exact) mass is 207 g/mol. The third-order valence-electron chi connectivity index (χ3n) is 2.37. The van der Waals surface area contributed by atoms with Gasteiger partial charge < -0.3 is 10.4 Å². The highest BCUT2D eigenvalue weighted by atomic mass is 16.3. The number of hydrogen-bond acceptors (Lipinski definition) is 2. The quantitative estimate of drug-likeness (QED) is 0.775. The zero-order valence-corrected chi connectivity index (χ0v) is 9.88. The molecule has 0 aliphatic heterocycles. The van der Waals surface area contributed by atoms with Gasteiger partial charge in [0.1, 0.15) is 0 Å². The Morgan fingerprint density at radius 3 is 2.33 bits per heavy atom. The molecule has 0 aromatic heterocycles. The average Bonchev–Trinajstić information content (AvgIpc) is 2.16. The molecule has 0 aliphatic rings. The van der Waals surface area contributed by atoms with E-state index in [-0.39, 0.29) is 0 Å². The summed E-state index contributed by atoms with van der Waals surface area (Å²) in [4.78, 5) is 0. The molecule has 0 saturated carbocycles. The summed E-state index contributed by atoms with van der Waals surface area (Å²) in [6, 6.07) is 8.41. The molecule has 15 heavy (non-hydrogen) atoms. The number of benzene rings is 1. The minimum atomic E-state index is -0.638. The van der Waals surface area contributed by atoms with E-state index in [1.165, 1.54) is 11.1 Å². The maximum atomic E-state index is 9.56. The van der Waals surface area contributed by atoms with Gasteiger partial charge in [-0.15, -0.1) is 0 Å². The second-order valence-electron chi connectivity index (χ2n) is 4.54. The SMILES string of the molecule is CCc1ccccc1CNCC(C)(C)O. The topological polar surface area (TPSA) is 32.3 Å². The molecular formula is C13H21NO. The molecule has 0 bridgehead atoms. The van der Waals surface area contributed by atoms with Crippen LogP contribution in [0.5, 0.6) is 0 Å². The Labute approximate surface area is 92.3 Å². The first-order valence-corrected chi connectivity index (χ1v) is 5.53. The van der Waals surface area contributed by atoms with E-state index in [0.717, 1.165) is 13.0 Å². The maximum absolute atomic E-state index is 9.56. The Morgan fingerprint density at radius 2 is 1.80 bits per heavy atom. The van der Waals surface area contributed by atoms with Crippen molar-refractivity contribution in [2.24, 2.45) is 0 Å². The predicted molar refractivity (Wildman–Crippen MR) is 63.8 cm³/mol. The Hall–Kier alpha value is -0.860. The third kappa shape index (κ3) is 4.45. The van der Waals surface area contributed by atoms with Crippen molar-refractivity contribution in [3.8, 4) is 0 Å². The Balaban J connectivity index is 2.50. The van der Waals surface area contributed by atoms with E-state index >= 15 is 0 Å².